The first kappa shape index (κ1) is 15.3. The quantitative estimate of drug-likeness (QED) is 0.534. The van der Waals surface area contributed by atoms with Crippen LogP contribution in [0.2, 0.25) is 0 Å². The van der Waals surface area contributed by atoms with Crippen molar-refractivity contribution >= 4 is 17.4 Å². The van der Waals surface area contributed by atoms with Crippen LogP contribution in [0.25, 0.3) is 0 Å². The molecule has 0 radical (unpaired) electrons. The van der Waals surface area contributed by atoms with Gasteiger partial charge in [-0.2, -0.15) is 9.78 Å². The van der Waals surface area contributed by atoms with Gasteiger partial charge in [0.15, 0.2) is 0 Å². The molecule has 0 spiro atoms. The van der Waals surface area contributed by atoms with Crippen molar-refractivity contribution in [1.82, 2.24) is 24.5 Å². The summed E-state index contributed by atoms with van der Waals surface area (Å²) in [4.78, 5) is 25.8. The van der Waals surface area contributed by atoms with Crippen molar-refractivity contribution in [3.63, 3.8) is 0 Å². The molecule has 3 rings (SSSR count). The van der Waals surface area contributed by atoms with Crippen molar-refractivity contribution in [3.05, 3.63) is 64.9 Å². The first-order valence-corrected chi connectivity index (χ1v) is 6.99. The van der Waals surface area contributed by atoms with Crippen LogP contribution in [0.15, 0.2) is 49.2 Å². The highest BCUT2D eigenvalue weighted by Crippen LogP contribution is 2.11. The number of amides is 1. The SMILES string of the molecule is O=C(Cn1ccc([N+](=O)[O-])n1)Nc1ccc(Cn2cncn2)cc1. The highest BCUT2D eigenvalue weighted by atomic mass is 16.6. The summed E-state index contributed by atoms with van der Waals surface area (Å²) in [5, 5.41) is 21.0. The summed E-state index contributed by atoms with van der Waals surface area (Å²) in [6, 6.07) is 8.53. The molecule has 1 aromatic carbocycles. The molecule has 0 saturated heterocycles. The van der Waals surface area contributed by atoms with E-state index in [0.29, 0.717) is 12.2 Å². The topological polar surface area (TPSA) is 121 Å². The summed E-state index contributed by atoms with van der Waals surface area (Å²) in [6.07, 6.45) is 4.48. The van der Waals surface area contributed by atoms with Crippen LogP contribution in [0.1, 0.15) is 5.56 Å². The molecule has 1 amide bonds. The Hall–Kier alpha value is -3.56. The van der Waals surface area contributed by atoms with Gasteiger partial charge >= 0.3 is 5.82 Å². The number of nitrogens with one attached hydrogen (secondary N) is 1. The number of rotatable bonds is 6. The van der Waals surface area contributed by atoms with E-state index in [1.165, 1.54) is 23.3 Å². The first-order chi connectivity index (χ1) is 11.6. The van der Waals surface area contributed by atoms with Gasteiger partial charge in [0.05, 0.1) is 23.9 Å². The summed E-state index contributed by atoms with van der Waals surface area (Å²) in [5.41, 5.74) is 1.64. The zero-order valence-corrected chi connectivity index (χ0v) is 12.4. The molecular formula is C14H13N7O3. The second-order valence-corrected chi connectivity index (χ2v) is 4.97. The number of benzene rings is 1. The predicted octanol–water partition coefficient (Wildman–Crippen LogP) is 1.07. The molecule has 1 N–H and O–H groups in total. The van der Waals surface area contributed by atoms with Crippen LogP contribution in [0.3, 0.4) is 0 Å². The van der Waals surface area contributed by atoms with Gasteiger partial charge in [-0.15, -0.1) is 0 Å². The van der Waals surface area contributed by atoms with Gasteiger partial charge in [-0.3, -0.25) is 4.79 Å². The van der Waals surface area contributed by atoms with E-state index in [1.807, 2.05) is 12.1 Å². The molecule has 0 aliphatic carbocycles. The average Bonchev–Trinajstić information content (AvgIpc) is 3.21. The van der Waals surface area contributed by atoms with Gasteiger partial charge in [0.2, 0.25) is 5.91 Å². The van der Waals surface area contributed by atoms with Crippen LogP contribution in [0.4, 0.5) is 11.5 Å². The number of carbonyl (C=O) groups is 1. The molecule has 10 heteroatoms. The fourth-order valence-electron chi connectivity index (χ4n) is 2.08. The van der Waals surface area contributed by atoms with Crippen molar-refractivity contribution in [1.29, 1.82) is 0 Å². The lowest BCUT2D eigenvalue weighted by molar-refractivity contribution is -0.389. The summed E-state index contributed by atoms with van der Waals surface area (Å²) in [6.45, 7) is 0.486. The molecule has 0 saturated carbocycles. The largest absolute Gasteiger partial charge is 0.389 e. The van der Waals surface area contributed by atoms with Gasteiger partial charge < -0.3 is 15.4 Å². The van der Waals surface area contributed by atoms with Crippen LogP contribution >= 0.6 is 0 Å². The molecule has 0 bridgehead atoms. The zero-order chi connectivity index (χ0) is 16.9. The van der Waals surface area contributed by atoms with Crippen molar-refractivity contribution < 1.29 is 9.72 Å². The molecule has 3 aromatic rings. The highest BCUT2D eigenvalue weighted by Gasteiger charge is 2.13. The fraction of sp³-hybridized carbons (Fsp3) is 0.143. The molecule has 2 aromatic heterocycles. The smallest absolute Gasteiger partial charge is 0.358 e. The van der Waals surface area contributed by atoms with Crippen LogP contribution in [-0.4, -0.2) is 35.4 Å². The lowest BCUT2D eigenvalue weighted by atomic mass is 10.2. The van der Waals surface area contributed by atoms with Gasteiger partial charge in [-0.25, -0.2) is 9.67 Å². The first-order valence-electron chi connectivity index (χ1n) is 6.99. The van der Waals surface area contributed by atoms with Gasteiger partial charge in [-0.1, -0.05) is 12.1 Å². The molecule has 24 heavy (non-hydrogen) atoms. The van der Waals surface area contributed by atoms with E-state index in [0.717, 1.165) is 5.56 Å². The average molecular weight is 327 g/mol. The Labute approximate surface area is 135 Å². The lowest BCUT2D eigenvalue weighted by Crippen LogP contribution is -2.19. The Morgan fingerprint density at radius 1 is 1.21 bits per heavy atom. The van der Waals surface area contributed by atoms with E-state index in [-0.39, 0.29) is 18.3 Å². The minimum absolute atomic E-state index is 0.103. The number of hydrogen-bond acceptors (Lipinski definition) is 6. The summed E-state index contributed by atoms with van der Waals surface area (Å²) in [7, 11) is 0. The Bertz CT molecular complexity index is 840. The van der Waals surface area contributed by atoms with Gasteiger partial charge in [0, 0.05) is 5.69 Å². The van der Waals surface area contributed by atoms with Crippen LogP contribution in [-0.2, 0) is 17.9 Å². The van der Waals surface area contributed by atoms with Crippen molar-refractivity contribution in [2.75, 3.05) is 5.32 Å². The third-order valence-electron chi connectivity index (χ3n) is 3.17. The van der Waals surface area contributed by atoms with E-state index in [2.05, 4.69) is 20.5 Å². The van der Waals surface area contributed by atoms with Crippen LogP contribution in [0.5, 0.6) is 0 Å². The van der Waals surface area contributed by atoms with E-state index < -0.39 is 4.92 Å². The number of carbonyl (C=O) groups excluding carboxylic acids is 1. The minimum Gasteiger partial charge on any atom is -0.358 e. The Kier molecular flexibility index (Phi) is 4.27. The van der Waals surface area contributed by atoms with Crippen LogP contribution in [0, 0.1) is 10.1 Å². The van der Waals surface area contributed by atoms with Crippen molar-refractivity contribution in [3.8, 4) is 0 Å². The van der Waals surface area contributed by atoms with Crippen molar-refractivity contribution in [2.45, 2.75) is 13.1 Å². The Morgan fingerprint density at radius 2 is 2.00 bits per heavy atom. The second kappa shape index (κ2) is 6.69. The molecule has 10 nitrogen and oxygen atoms in total. The highest BCUT2D eigenvalue weighted by molar-refractivity contribution is 5.90. The maximum absolute atomic E-state index is 11.9. The zero-order valence-electron chi connectivity index (χ0n) is 12.4. The minimum atomic E-state index is -0.609. The lowest BCUT2D eigenvalue weighted by Gasteiger charge is -2.06. The maximum Gasteiger partial charge on any atom is 0.389 e. The molecule has 0 unspecified atom stereocenters. The Morgan fingerprint density at radius 3 is 2.62 bits per heavy atom. The number of nitro groups is 1. The van der Waals surface area contributed by atoms with Gasteiger partial charge in [0.1, 0.15) is 19.2 Å². The van der Waals surface area contributed by atoms with Crippen LogP contribution < -0.4 is 5.32 Å². The van der Waals surface area contributed by atoms with E-state index in [1.54, 1.807) is 23.1 Å². The summed E-state index contributed by atoms with van der Waals surface area (Å²) >= 11 is 0. The number of anilines is 1. The molecule has 0 fully saturated rings. The summed E-state index contributed by atoms with van der Waals surface area (Å²) in [5.74, 6) is -0.614. The molecular weight excluding hydrogens is 314 g/mol. The third-order valence-corrected chi connectivity index (χ3v) is 3.17. The Balaban J connectivity index is 1.56. The predicted molar refractivity (Wildman–Crippen MR) is 83.1 cm³/mol. The van der Waals surface area contributed by atoms with E-state index >= 15 is 0 Å². The molecule has 0 atom stereocenters. The number of aromatic nitrogens is 5. The van der Waals surface area contributed by atoms with Crippen molar-refractivity contribution in [2.24, 2.45) is 0 Å². The normalized spacial score (nSPS) is 10.5. The molecule has 122 valence electrons. The summed E-state index contributed by atoms with van der Waals surface area (Å²) < 4.78 is 2.91. The van der Waals surface area contributed by atoms with E-state index in [4.69, 9.17) is 0 Å². The fourth-order valence-corrected chi connectivity index (χ4v) is 2.08. The van der Waals surface area contributed by atoms with E-state index in [9.17, 15) is 14.9 Å². The monoisotopic (exact) mass is 327 g/mol. The second-order valence-electron chi connectivity index (χ2n) is 4.97. The number of hydrogen-bond donors (Lipinski definition) is 1. The third kappa shape index (κ3) is 3.80. The van der Waals surface area contributed by atoms with Gasteiger partial charge in [0.25, 0.3) is 0 Å². The maximum atomic E-state index is 11.9. The molecule has 2 heterocycles. The number of nitrogens with zero attached hydrogens (tertiary/aromatic N) is 6. The molecule has 0 aliphatic heterocycles. The standard InChI is InChI=1S/C14H13N7O3/c22-14(8-19-6-5-13(18-19)21(23)24)17-12-3-1-11(2-4-12)7-20-10-15-9-16-20/h1-6,9-10H,7-8H2,(H,17,22). The van der Waals surface area contributed by atoms with Gasteiger partial charge in [-0.05, 0) is 22.6 Å². The molecule has 0 aliphatic rings.